The van der Waals surface area contributed by atoms with Crippen molar-refractivity contribution in [3.8, 4) is 0 Å². The van der Waals surface area contributed by atoms with Gasteiger partial charge in [-0.05, 0) is 56.2 Å². The van der Waals surface area contributed by atoms with Gasteiger partial charge in [-0.1, -0.05) is 36.4 Å². The van der Waals surface area contributed by atoms with Crippen LogP contribution in [0.5, 0.6) is 0 Å². The Kier molecular flexibility index (Phi) is 5.36. The van der Waals surface area contributed by atoms with Gasteiger partial charge in [-0.15, -0.1) is 0 Å². The van der Waals surface area contributed by atoms with Crippen molar-refractivity contribution in [3.63, 3.8) is 0 Å². The smallest absolute Gasteiger partial charge is 0.260 e. The molecule has 5 heteroatoms. The van der Waals surface area contributed by atoms with E-state index in [9.17, 15) is 9.59 Å². The molecule has 152 valence electrons. The number of hydrogen-bond acceptors (Lipinski definition) is 3. The molecule has 0 N–H and O–H groups in total. The summed E-state index contributed by atoms with van der Waals surface area (Å²) in [4.78, 5) is 34.0. The van der Waals surface area contributed by atoms with Crippen LogP contribution in [0.3, 0.4) is 0 Å². The molecule has 1 aliphatic rings. The Labute approximate surface area is 177 Å². The van der Waals surface area contributed by atoms with Crippen molar-refractivity contribution in [1.29, 1.82) is 0 Å². The second-order valence-electron chi connectivity index (χ2n) is 7.75. The number of anilines is 2. The summed E-state index contributed by atoms with van der Waals surface area (Å²) in [6.45, 7) is 5.53. The van der Waals surface area contributed by atoms with Crippen LogP contribution in [-0.2, 0) is 4.79 Å². The minimum absolute atomic E-state index is 0.0179. The lowest BCUT2D eigenvalue weighted by Gasteiger charge is -2.43. The Morgan fingerprint density at radius 1 is 1.00 bits per heavy atom. The highest BCUT2D eigenvalue weighted by Crippen LogP contribution is 2.42. The van der Waals surface area contributed by atoms with Gasteiger partial charge < -0.3 is 9.80 Å². The van der Waals surface area contributed by atoms with Crippen LogP contribution in [0.1, 0.15) is 47.9 Å². The SMILES string of the molecule is CC(=O)N(c1ccccc1)[C@H]1C[C@@H](C)N(C(=O)c2ccc(C)nc2)c2ccccc21. The molecule has 2 heterocycles. The Morgan fingerprint density at radius 2 is 1.70 bits per heavy atom. The molecular formula is C25H25N3O2. The number of para-hydroxylation sites is 2. The summed E-state index contributed by atoms with van der Waals surface area (Å²) in [5.41, 5.74) is 4.11. The monoisotopic (exact) mass is 399 g/mol. The normalized spacial score (nSPS) is 17.9. The molecule has 2 amide bonds. The molecule has 0 bridgehead atoms. The van der Waals surface area contributed by atoms with Gasteiger partial charge in [0.05, 0.1) is 11.6 Å². The van der Waals surface area contributed by atoms with E-state index in [0.29, 0.717) is 12.0 Å². The lowest BCUT2D eigenvalue weighted by atomic mass is 9.89. The number of benzene rings is 2. The number of amides is 2. The fraction of sp³-hybridized carbons (Fsp3) is 0.240. The molecular weight excluding hydrogens is 374 g/mol. The molecule has 5 nitrogen and oxygen atoms in total. The summed E-state index contributed by atoms with van der Waals surface area (Å²) < 4.78 is 0. The van der Waals surface area contributed by atoms with E-state index in [0.717, 1.165) is 22.6 Å². The van der Waals surface area contributed by atoms with E-state index < -0.39 is 0 Å². The number of carbonyl (C=O) groups is 2. The Balaban J connectivity index is 1.77. The summed E-state index contributed by atoms with van der Waals surface area (Å²) in [6, 6.07) is 21.0. The highest BCUT2D eigenvalue weighted by Gasteiger charge is 2.38. The second-order valence-corrected chi connectivity index (χ2v) is 7.75. The number of aryl methyl sites for hydroxylation is 1. The first-order chi connectivity index (χ1) is 14.5. The largest absolute Gasteiger partial charge is 0.305 e. The lowest BCUT2D eigenvalue weighted by Crippen LogP contribution is -2.47. The van der Waals surface area contributed by atoms with Crippen molar-refractivity contribution in [3.05, 3.63) is 89.7 Å². The predicted molar refractivity (Wildman–Crippen MR) is 119 cm³/mol. The first-order valence-electron chi connectivity index (χ1n) is 10.2. The van der Waals surface area contributed by atoms with Crippen LogP contribution in [0.25, 0.3) is 0 Å². The van der Waals surface area contributed by atoms with Crippen LogP contribution < -0.4 is 9.80 Å². The fourth-order valence-electron chi connectivity index (χ4n) is 4.24. The molecule has 0 unspecified atom stereocenters. The van der Waals surface area contributed by atoms with Gasteiger partial charge in [0, 0.05) is 36.2 Å². The van der Waals surface area contributed by atoms with E-state index >= 15 is 0 Å². The van der Waals surface area contributed by atoms with Gasteiger partial charge in [0.2, 0.25) is 5.91 Å². The molecule has 30 heavy (non-hydrogen) atoms. The fourth-order valence-corrected chi connectivity index (χ4v) is 4.24. The number of aromatic nitrogens is 1. The average Bonchev–Trinajstić information content (AvgIpc) is 2.74. The van der Waals surface area contributed by atoms with E-state index in [1.54, 1.807) is 13.1 Å². The molecule has 2 aromatic carbocycles. The van der Waals surface area contributed by atoms with Gasteiger partial charge in [0.1, 0.15) is 0 Å². The van der Waals surface area contributed by atoms with Gasteiger partial charge in [-0.25, -0.2) is 0 Å². The average molecular weight is 399 g/mol. The molecule has 4 rings (SSSR count). The summed E-state index contributed by atoms with van der Waals surface area (Å²) in [7, 11) is 0. The van der Waals surface area contributed by atoms with Crippen LogP contribution in [0, 0.1) is 6.92 Å². The third-order valence-electron chi connectivity index (χ3n) is 5.62. The van der Waals surface area contributed by atoms with E-state index in [-0.39, 0.29) is 23.9 Å². The summed E-state index contributed by atoms with van der Waals surface area (Å²) in [5, 5.41) is 0. The maximum absolute atomic E-state index is 13.4. The number of carbonyl (C=O) groups excluding carboxylic acids is 2. The number of pyridine rings is 1. The number of fused-ring (bicyclic) bond motifs is 1. The van der Waals surface area contributed by atoms with Crippen molar-refractivity contribution in [2.75, 3.05) is 9.80 Å². The maximum Gasteiger partial charge on any atom is 0.260 e. The first-order valence-corrected chi connectivity index (χ1v) is 10.2. The van der Waals surface area contributed by atoms with Crippen molar-refractivity contribution in [2.24, 2.45) is 0 Å². The Hall–Kier alpha value is -3.47. The molecule has 0 radical (unpaired) electrons. The zero-order chi connectivity index (χ0) is 21.3. The van der Waals surface area contributed by atoms with Crippen molar-refractivity contribution in [2.45, 2.75) is 39.3 Å². The minimum atomic E-state index is -0.142. The Bertz CT molecular complexity index is 1060. The van der Waals surface area contributed by atoms with Gasteiger partial charge >= 0.3 is 0 Å². The zero-order valence-corrected chi connectivity index (χ0v) is 17.4. The van der Waals surface area contributed by atoms with E-state index in [1.807, 2.05) is 90.4 Å². The summed E-state index contributed by atoms with van der Waals surface area (Å²) in [5.74, 6) is -0.0919. The molecule has 1 aliphatic heterocycles. The van der Waals surface area contributed by atoms with E-state index in [1.165, 1.54) is 0 Å². The molecule has 0 spiro atoms. The van der Waals surface area contributed by atoms with Crippen molar-refractivity contribution < 1.29 is 9.59 Å². The molecule has 3 aromatic rings. The Morgan fingerprint density at radius 3 is 2.37 bits per heavy atom. The standard InChI is InChI=1S/C25H25N3O2/c1-17-13-14-20(16-26-17)25(30)27-18(2)15-24(22-11-7-8-12-23(22)27)28(19(3)29)21-9-5-4-6-10-21/h4-14,16,18,24H,15H2,1-3H3/t18-,24+/m1/s1. The zero-order valence-electron chi connectivity index (χ0n) is 17.4. The minimum Gasteiger partial charge on any atom is -0.305 e. The summed E-state index contributed by atoms with van der Waals surface area (Å²) in [6.07, 6.45) is 2.28. The van der Waals surface area contributed by atoms with Gasteiger partial charge in [0.25, 0.3) is 5.91 Å². The van der Waals surface area contributed by atoms with Crippen LogP contribution in [-0.4, -0.2) is 22.8 Å². The third kappa shape index (κ3) is 3.59. The molecule has 1 aromatic heterocycles. The quantitative estimate of drug-likeness (QED) is 0.628. The molecule has 0 saturated carbocycles. The van der Waals surface area contributed by atoms with Gasteiger partial charge in [-0.3, -0.25) is 14.6 Å². The maximum atomic E-state index is 13.4. The van der Waals surface area contributed by atoms with E-state index in [4.69, 9.17) is 0 Å². The first kappa shape index (κ1) is 19.8. The summed E-state index contributed by atoms with van der Waals surface area (Å²) >= 11 is 0. The van der Waals surface area contributed by atoms with Crippen molar-refractivity contribution in [1.82, 2.24) is 4.98 Å². The van der Waals surface area contributed by atoms with Crippen LogP contribution in [0.4, 0.5) is 11.4 Å². The highest BCUT2D eigenvalue weighted by atomic mass is 16.2. The molecule has 0 fully saturated rings. The topological polar surface area (TPSA) is 53.5 Å². The lowest BCUT2D eigenvalue weighted by molar-refractivity contribution is -0.117. The third-order valence-corrected chi connectivity index (χ3v) is 5.62. The van der Waals surface area contributed by atoms with Crippen LogP contribution in [0.15, 0.2) is 72.9 Å². The van der Waals surface area contributed by atoms with Crippen LogP contribution >= 0.6 is 0 Å². The molecule has 0 aliphatic carbocycles. The predicted octanol–water partition coefficient (Wildman–Crippen LogP) is 4.92. The van der Waals surface area contributed by atoms with E-state index in [2.05, 4.69) is 4.98 Å². The van der Waals surface area contributed by atoms with Crippen LogP contribution in [0.2, 0.25) is 0 Å². The van der Waals surface area contributed by atoms with Crippen molar-refractivity contribution >= 4 is 23.2 Å². The van der Waals surface area contributed by atoms with Gasteiger partial charge in [0.15, 0.2) is 0 Å². The highest BCUT2D eigenvalue weighted by molar-refractivity contribution is 6.07. The molecule has 2 atom stereocenters. The number of nitrogens with zero attached hydrogens (tertiary/aromatic N) is 3. The number of hydrogen-bond donors (Lipinski definition) is 0. The molecule has 0 saturated heterocycles. The second kappa shape index (κ2) is 8.11. The number of rotatable bonds is 3. The van der Waals surface area contributed by atoms with Gasteiger partial charge in [-0.2, -0.15) is 0 Å².